The van der Waals surface area contributed by atoms with Gasteiger partial charge in [0.25, 0.3) is 0 Å². The largest absolute Gasteiger partial charge is 0.363 e. The lowest BCUT2D eigenvalue weighted by atomic mass is 10.1. The number of hydrogen-bond donors (Lipinski definition) is 0. The fourth-order valence-electron chi connectivity index (χ4n) is 2.60. The smallest absolute Gasteiger partial charge is 0.232 e. The Balaban J connectivity index is 1.78. The topological polar surface area (TPSA) is 50.9 Å². The van der Waals surface area contributed by atoms with Crippen molar-refractivity contribution in [2.75, 3.05) is 4.90 Å². The summed E-state index contributed by atoms with van der Waals surface area (Å²) in [6.45, 7) is 1.87. The number of anilines is 1. The Bertz CT molecular complexity index is 828. The van der Waals surface area contributed by atoms with Crippen molar-refractivity contribution >= 4 is 11.7 Å². The van der Waals surface area contributed by atoms with Crippen molar-refractivity contribution in [1.82, 2.24) is 5.16 Å². The average Bonchev–Trinajstić information content (AvgIpc) is 3.22. The molecule has 0 amide bonds. The maximum Gasteiger partial charge on any atom is 0.232 e. The lowest BCUT2D eigenvalue weighted by Crippen LogP contribution is -2.31. The molecule has 0 fully saturated rings. The molecule has 1 aromatic heterocycles. The molecule has 2 aromatic carbocycles. The summed E-state index contributed by atoms with van der Waals surface area (Å²) in [7, 11) is 0. The molecule has 114 valence electrons. The van der Waals surface area contributed by atoms with Crippen molar-refractivity contribution < 1.29 is 9.36 Å². The molecule has 4 rings (SSSR count). The summed E-state index contributed by atoms with van der Waals surface area (Å²) in [5.41, 5.74) is 1.97. The van der Waals surface area contributed by atoms with E-state index in [1.165, 1.54) is 0 Å². The van der Waals surface area contributed by atoms with Crippen LogP contribution in [0.5, 0.6) is 0 Å². The quantitative estimate of drug-likeness (QED) is 0.737. The number of hydrogen-bond acceptors (Lipinski definition) is 5. The van der Waals surface area contributed by atoms with Gasteiger partial charge in [0.15, 0.2) is 11.7 Å². The Morgan fingerprint density at radius 1 is 0.957 bits per heavy atom. The van der Waals surface area contributed by atoms with Gasteiger partial charge in [-0.25, -0.2) is 0 Å². The maximum atomic E-state index is 5.71. The molecule has 0 N–H and O–H groups in total. The molecular formula is C18H15N3O2. The molecule has 2 heterocycles. The minimum Gasteiger partial charge on any atom is -0.363 e. The van der Waals surface area contributed by atoms with Crippen molar-refractivity contribution in [3.8, 4) is 0 Å². The van der Waals surface area contributed by atoms with Crippen LogP contribution >= 0.6 is 0 Å². The highest BCUT2D eigenvalue weighted by Gasteiger charge is 2.35. The monoisotopic (exact) mass is 305 g/mol. The van der Waals surface area contributed by atoms with E-state index in [1.54, 1.807) is 0 Å². The van der Waals surface area contributed by atoms with Crippen molar-refractivity contribution in [2.24, 2.45) is 5.16 Å². The van der Waals surface area contributed by atoms with Gasteiger partial charge in [0.2, 0.25) is 6.23 Å². The number of nitrogens with zero attached hydrogens (tertiary/aromatic N) is 3. The fourth-order valence-corrected chi connectivity index (χ4v) is 2.60. The third kappa shape index (κ3) is 2.46. The highest BCUT2D eigenvalue weighted by molar-refractivity contribution is 6.10. The summed E-state index contributed by atoms with van der Waals surface area (Å²) in [6.07, 6.45) is -0.365. The Morgan fingerprint density at radius 2 is 1.65 bits per heavy atom. The maximum absolute atomic E-state index is 5.71. The second kappa shape index (κ2) is 5.61. The van der Waals surface area contributed by atoms with Gasteiger partial charge in [-0.15, -0.1) is 0 Å². The van der Waals surface area contributed by atoms with E-state index in [2.05, 4.69) is 10.3 Å². The molecule has 0 bridgehead atoms. The Labute approximate surface area is 133 Å². The molecule has 0 radical (unpaired) electrons. The third-order valence-corrected chi connectivity index (χ3v) is 3.68. The molecule has 23 heavy (non-hydrogen) atoms. The van der Waals surface area contributed by atoms with Crippen molar-refractivity contribution in [2.45, 2.75) is 13.2 Å². The molecule has 1 aliphatic heterocycles. The van der Waals surface area contributed by atoms with Gasteiger partial charge in [-0.05, 0) is 6.92 Å². The van der Waals surface area contributed by atoms with Gasteiger partial charge in [-0.1, -0.05) is 71.0 Å². The van der Waals surface area contributed by atoms with Gasteiger partial charge in [-0.2, -0.15) is 0 Å². The van der Waals surface area contributed by atoms with E-state index in [1.807, 2.05) is 78.6 Å². The molecule has 0 aliphatic carbocycles. The summed E-state index contributed by atoms with van der Waals surface area (Å²) in [5.74, 6) is 2.13. The van der Waals surface area contributed by atoms with E-state index < -0.39 is 0 Å². The van der Waals surface area contributed by atoms with Crippen LogP contribution in [-0.4, -0.2) is 11.0 Å². The van der Waals surface area contributed by atoms with Crippen LogP contribution in [-0.2, 0) is 4.84 Å². The number of aryl methyl sites for hydroxylation is 1. The third-order valence-electron chi connectivity index (χ3n) is 3.68. The Kier molecular flexibility index (Phi) is 3.31. The van der Waals surface area contributed by atoms with E-state index in [-0.39, 0.29) is 6.23 Å². The molecule has 1 atom stereocenters. The summed E-state index contributed by atoms with van der Waals surface area (Å²) in [5, 5.41) is 8.43. The van der Waals surface area contributed by atoms with Gasteiger partial charge >= 0.3 is 0 Å². The fraction of sp³-hybridized carbons (Fsp3) is 0.111. The van der Waals surface area contributed by atoms with E-state index in [0.29, 0.717) is 11.7 Å². The minimum absolute atomic E-state index is 0.365. The van der Waals surface area contributed by atoms with Crippen LogP contribution in [0.3, 0.4) is 0 Å². The molecule has 3 aromatic rings. The summed E-state index contributed by atoms with van der Waals surface area (Å²) < 4.78 is 5.24. The highest BCUT2D eigenvalue weighted by Crippen LogP contribution is 2.34. The molecular weight excluding hydrogens is 290 g/mol. The van der Waals surface area contributed by atoms with Crippen LogP contribution in [0.15, 0.2) is 76.4 Å². The predicted octanol–water partition coefficient (Wildman–Crippen LogP) is 3.88. The first-order valence-corrected chi connectivity index (χ1v) is 7.39. The number of aromatic nitrogens is 1. The minimum atomic E-state index is -0.365. The lowest BCUT2D eigenvalue weighted by molar-refractivity contribution is 0.0861. The van der Waals surface area contributed by atoms with Crippen molar-refractivity contribution in [1.29, 1.82) is 0 Å². The summed E-state index contributed by atoms with van der Waals surface area (Å²) in [4.78, 5) is 7.66. The number of benzene rings is 2. The van der Waals surface area contributed by atoms with Gasteiger partial charge in [0, 0.05) is 17.2 Å². The lowest BCUT2D eigenvalue weighted by Gasteiger charge is -2.22. The number of rotatable bonds is 3. The molecule has 0 saturated carbocycles. The first-order chi connectivity index (χ1) is 11.3. The number of amidine groups is 1. The van der Waals surface area contributed by atoms with Gasteiger partial charge < -0.3 is 9.36 Å². The van der Waals surface area contributed by atoms with E-state index in [4.69, 9.17) is 9.36 Å². The van der Waals surface area contributed by atoms with Gasteiger partial charge in [0.1, 0.15) is 5.76 Å². The van der Waals surface area contributed by atoms with Crippen LogP contribution < -0.4 is 4.90 Å². The Morgan fingerprint density at radius 3 is 2.30 bits per heavy atom. The zero-order valence-corrected chi connectivity index (χ0v) is 12.6. The molecule has 5 heteroatoms. The summed E-state index contributed by atoms with van der Waals surface area (Å²) >= 11 is 0. The molecule has 1 aliphatic rings. The molecule has 0 saturated heterocycles. The van der Waals surface area contributed by atoms with Crippen LogP contribution in [0.4, 0.5) is 5.82 Å². The van der Waals surface area contributed by atoms with E-state index in [9.17, 15) is 0 Å². The predicted molar refractivity (Wildman–Crippen MR) is 87.0 cm³/mol. The SMILES string of the molecule is Cc1cc(N2C(c3ccccc3)=NOC2c2ccccc2)no1. The molecule has 5 nitrogen and oxygen atoms in total. The Hall–Kier alpha value is -3.08. The van der Waals surface area contributed by atoms with Crippen molar-refractivity contribution in [3.63, 3.8) is 0 Å². The number of oxime groups is 1. The average molecular weight is 305 g/mol. The normalized spacial score (nSPS) is 17.0. The van der Waals surface area contributed by atoms with Crippen LogP contribution in [0.1, 0.15) is 23.1 Å². The first kappa shape index (κ1) is 13.6. The standard InChI is InChI=1S/C18H15N3O2/c1-13-12-16(19-22-13)21-17(14-8-4-2-5-9-14)20-23-18(21)15-10-6-3-7-11-15/h2-12,18H,1H3. The van der Waals surface area contributed by atoms with Crippen molar-refractivity contribution in [3.05, 3.63) is 83.6 Å². The van der Waals surface area contributed by atoms with Crippen LogP contribution in [0, 0.1) is 6.92 Å². The van der Waals surface area contributed by atoms with Gasteiger partial charge in [-0.3, -0.25) is 4.90 Å². The summed E-state index contributed by atoms with van der Waals surface area (Å²) in [6, 6.07) is 21.7. The van der Waals surface area contributed by atoms with Crippen LogP contribution in [0.25, 0.3) is 0 Å². The second-order valence-corrected chi connectivity index (χ2v) is 5.32. The van der Waals surface area contributed by atoms with E-state index in [0.717, 1.165) is 16.9 Å². The van der Waals surface area contributed by atoms with E-state index >= 15 is 0 Å². The molecule has 0 spiro atoms. The zero-order chi connectivity index (χ0) is 15.6. The second-order valence-electron chi connectivity index (χ2n) is 5.32. The first-order valence-electron chi connectivity index (χ1n) is 7.39. The molecule has 1 unspecified atom stereocenters. The van der Waals surface area contributed by atoms with Crippen LogP contribution in [0.2, 0.25) is 0 Å². The van der Waals surface area contributed by atoms with Gasteiger partial charge in [0.05, 0.1) is 0 Å². The highest BCUT2D eigenvalue weighted by atomic mass is 16.7. The zero-order valence-electron chi connectivity index (χ0n) is 12.6.